The molecule has 1 aromatic carbocycles. The summed E-state index contributed by atoms with van der Waals surface area (Å²) in [5.74, 6) is 1.36. The summed E-state index contributed by atoms with van der Waals surface area (Å²) in [6.45, 7) is 0.168. The first-order valence-electron chi connectivity index (χ1n) is 4.72. The fourth-order valence-corrected chi connectivity index (χ4v) is 1.24. The van der Waals surface area contributed by atoms with Crippen LogP contribution in [0.2, 0.25) is 0 Å². The third-order valence-electron chi connectivity index (χ3n) is 1.95. The van der Waals surface area contributed by atoms with E-state index in [4.69, 9.17) is 20.6 Å². The Hall–Kier alpha value is -2.04. The van der Waals surface area contributed by atoms with Gasteiger partial charge in [-0.3, -0.25) is 10.4 Å². The molecule has 0 radical (unpaired) electrons. The molecule has 5 nitrogen and oxygen atoms in total. The Labute approximate surface area is 94.4 Å². The molecule has 5 heteroatoms. The van der Waals surface area contributed by atoms with Gasteiger partial charge in [0.05, 0.1) is 26.3 Å². The molecule has 86 valence electrons. The molecule has 0 aromatic heterocycles. The van der Waals surface area contributed by atoms with Crippen LogP contribution < -0.4 is 15.2 Å². The summed E-state index contributed by atoms with van der Waals surface area (Å²) >= 11 is 0. The highest BCUT2D eigenvalue weighted by atomic mass is 16.5. The van der Waals surface area contributed by atoms with Gasteiger partial charge in [-0.05, 0) is 12.1 Å². The third-order valence-corrected chi connectivity index (χ3v) is 1.95. The predicted octanol–water partition coefficient (Wildman–Crippen LogP) is 1.06. The standard InChI is InChI=1S/C11H15N3O2/c1-15-9-4-3-5-10(16-2)8(9)6-14-7-11(12)13/h3-6H,7H2,1-2H3,(H3,12,13). The van der Waals surface area contributed by atoms with E-state index in [9.17, 15) is 0 Å². The Morgan fingerprint density at radius 2 is 1.94 bits per heavy atom. The number of hydrogen-bond acceptors (Lipinski definition) is 4. The van der Waals surface area contributed by atoms with E-state index < -0.39 is 0 Å². The normalized spacial score (nSPS) is 10.4. The first-order valence-corrected chi connectivity index (χ1v) is 4.72. The molecule has 0 atom stereocenters. The van der Waals surface area contributed by atoms with Crippen molar-refractivity contribution in [2.45, 2.75) is 0 Å². The minimum atomic E-state index is 0.0186. The number of nitrogens with zero attached hydrogens (tertiary/aromatic N) is 1. The molecular weight excluding hydrogens is 206 g/mol. The summed E-state index contributed by atoms with van der Waals surface area (Å²) in [5.41, 5.74) is 5.95. The molecule has 0 bridgehead atoms. The Morgan fingerprint density at radius 1 is 1.38 bits per heavy atom. The first kappa shape index (κ1) is 12.0. The number of aliphatic imine (C=N–C) groups is 1. The average Bonchev–Trinajstić information content (AvgIpc) is 2.28. The number of hydrogen-bond donors (Lipinski definition) is 2. The second-order valence-electron chi connectivity index (χ2n) is 3.07. The van der Waals surface area contributed by atoms with Gasteiger partial charge >= 0.3 is 0 Å². The monoisotopic (exact) mass is 221 g/mol. The van der Waals surface area contributed by atoms with Crippen molar-refractivity contribution in [1.29, 1.82) is 5.41 Å². The van der Waals surface area contributed by atoms with Gasteiger partial charge in [-0.15, -0.1) is 0 Å². The van der Waals surface area contributed by atoms with Crippen molar-refractivity contribution in [3.63, 3.8) is 0 Å². The fourth-order valence-electron chi connectivity index (χ4n) is 1.24. The largest absolute Gasteiger partial charge is 0.496 e. The van der Waals surface area contributed by atoms with Crippen LogP contribution in [0.1, 0.15) is 5.56 Å². The van der Waals surface area contributed by atoms with Gasteiger partial charge in [0.25, 0.3) is 0 Å². The van der Waals surface area contributed by atoms with Crippen molar-refractivity contribution in [3.05, 3.63) is 23.8 Å². The average molecular weight is 221 g/mol. The van der Waals surface area contributed by atoms with Gasteiger partial charge in [0.15, 0.2) is 0 Å². The molecule has 0 spiro atoms. The van der Waals surface area contributed by atoms with E-state index in [1.54, 1.807) is 20.4 Å². The number of amidine groups is 1. The smallest absolute Gasteiger partial charge is 0.131 e. The Kier molecular flexibility index (Phi) is 4.32. The lowest BCUT2D eigenvalue weighted by Gasteiger charge is -2.08. The summed E-state index contributed by atoms with van der Waals surface area (Å²) in [5, 5.41) is 7.06. The maximum absolute atomic E-state index is 7.06. The van der Waals surface area contributed by atoms with Crippen molar-refractivity contribution in [1.82, 2.24) is 0 Å². The van der Waals surface area contributed by atoms with Crippen LogP contribution in [0, 0.1) is 5.41 Å². The summed E-state index contributed by atoms with van der Waals surface area (Å²) in [6.07, 6.45) is 1.60. The molecule has 0 fully saturated rings. The van der Waals surface area contributed by atoms with E-state index in [1.807, 2.05) is 18.2 Å². The van der Waals surface area contributed by atoms with Crippen molar-refractivity contribution in [3.8, 4) is 11.5 Å². The van der Waals surface area contributed by atoms with Crippen LogP contribution in [0.5, 0.6) is 11.5 Å². The van der Waals surface area contributed by atoms with E-state index in [1.165, 1.54) is 0 Å². The first-order chi connectivity index (χ1) is 7.69. The molecule has 0 unspecified atom stereocenters. The molecule has 3 N–H and O–H groups in total. The lowest BCUT2D eigenvalue weighted by molar-refractivity contribution is 0.393. The minimum Gasteiger partial charge on any atom is -0.496 e. The zero-order valence-electron chi connectivity index (χ0n) is 9.36. The lowest BCUT2D eigenvalue weighted by Crippen LogP contribution is -2.13. The Balaban J connectivity index is 2.99. The highest BCUT2D eigenvalue weighted by Crippen LogP contribution is 2.26. The lowest BCUT2D eigenvalue weighted by atomic mass is 10.2. The molecule has 16 heavy (non-hydrogen) atoms. The maximum atomic E-state index is 7.06. The van der Waals surface area contributed by atoms with Crippen LogP contribution in [-0.4, -0.2) is 32.8 Å². The van der Waals surface area contributed by atoms with E-state index in [0.717, 1.165) is 5.56 Å². The van der Waals surface area contributed by atoms with E-state index >= 15 is 0 Å². The minimum absolute atomic E-state index is 0.0186. The van der Waals surface area contributed by atoms with Crippen LogP contribution in [-0.2, 0) is 0 Å². The van der Waals surface area contributed by atoms with Gasteiger partial charge < -0.3 is 15.2 Å². The van der Waals surface area contributed by atoms with Crippen molar-refractivity contribution in [2.24, 2.45) is 10.7 Å². The van der Waals surface area contributed by atoms with Crippen LogP contribution in [0.3, 0.4) is 0 Å². The number of benzene rings is 1. The summed E-state index contributed by atoms with van der Waals surface area (Å²) in [7, 11) is 3.16. The fraction of sp³-hybridized carbons (Fsp3) is 0.273. The molecule has 1 aromatic rings. The number of nitrogens with two attached hydrogens (primary N) is 1. The summed E-state index contributed by atoms with van der Waals surface area (Å²) in [6, 6.07) is 5.47. The van der Waals surface area contributed by atoms with Gasteiger partial charge in [-0.2, -0.15) is 0 Å². The van der Waals surface area contributed by atoms with E-state index in [0.29, 0.717) is 11.5 Å². The second-order valence-corrected chi connectivity index (χ2v) is 3.07. The molecule has 0 saturated carbocycles. The number of nitrogens with one attached hydrogen (secondary N) is 1. The van der Waals surface area contributed by atoms with Crippen LogP contribution in [0.25, 0.3) is 0 Å². The topological polar surface area (TPSA) is 80.7 Å². The van der Waals surface area contributed by atoms with E-state index in [-0.39, 0.29) is 12.4 Å². The summed E-state index contributed by atoms with van der Waals surface area (Å²) < 4.78 is 10.4. The number of methoxy groups -OCH3 is 2. The van der Waals surface area contributed by atoms with Gasteiger partial charge in [0.1, 0.15) is 17.3 Å². The van der Waals surface area contributed by atoms with Crippen LogP contribution >= 0.6 is 0 Å². The van der Waals surface area contributed by atoms with Gasteiger partial charge in [-0.1, -0.05) is 6.07 Å². The van der Waals surface area contributed by atoms with Crippen molar-refractivity contribution in [2.75, 3.05) is 20.8 Å². The van der Waals surface area contributed by atoms with Crippen molar-refractivity contribution >= 4 is 12.1 Å². The molecule has 1 rings (SSSR count). The summed E-state index contributed by atoms with van der Waals surface area (Å²) in [4.78, 5) is 4.02. The zero-order chi connectivity index (χ0) is 12.0. The highest BCUT2D eigenvalue weighted by molar-refractivity contribution is 5.89. The third kappa shape index (κ3) is 2.98. The number of rotatable bonds is 5. The van der Waals surface area contributed by atoms with Gasteiger partial charge in [0.2, 0.25) is 0 Å². The SMILES string of the molecule is COc1cccc(OC)c1C=NCC(=N)N. The Morgan fingerprint density at radius 3 is 2.38 bits per heavy atom. The predicted molar refractivity (Wildman–Crippen MR) is 63.9 cm³/mol. The molecular formula is C11H15N3O2. The molecule has 0 aliphatic rings. The molecule has 0 aliphatic heterocycles. The van der Waals surface area contributed by atoms with Crippen LogP contribution in [0.15, 0.2) is 23.2 Å². The maximum Gasteiger partial charge on any atom is 0.131 e. The van der Waals surface area contributed by atoms with E-state index in [2.05, 4.69) is 4.99 Å². The molecule has 0 heterocycles. The molecule has 0 aliphatic carbocycles. The van der Waals surface area contributed by atoms with Crippen LogP contribution in [0.4, 0.5) is 0 Å². The highest BCUT2D eigenvalue weighted by Gasteiger charge is 2.06. The quantitative estimate of drug-likeness (QED) is 0.576. The Bertz CT molecular complexity index is 380. The van der Waals surface area contributed by atoms with Gasteiger partial charge in [-0.25, -0.2) is 0 Å². The number of ether oxygens (including phenoxy) is 2. The second kappa shape index (κ2) is 5.75. The zero-order valence-corrected chi connectivity index (χ0v) is 9.36. The molecule has 0 amide bonds. The molecule has 0 saturated heterocycles. The van der Waals surface area contributed by atoms with Gasteiger partial charge in [0, 0.05) is 6.21 Å². The van der Waals surface area contributed by atoms with Crippen molar-refractivity contribution < 1.29 is 9.47 Å².